The van der Waals surface area contributed by atoms with Gasteiger partial charge in [-0.15, -0.1) is 0 Å². The van der Waals surface area contributed by atoms with Gasteiger partial charge >= 0.3 is 0 Å². The molecule has 1 aromatic heterocycles. The SMILES string of the molecule is CN=C(NCc1ccccn1)NCC1(C2CC2)CCC1. The Morgan fingerprint density at radius 1 is 1.35 bits per heavy atom. The fourth-order valence-corrected chi connectivity index (χ4v) is 3.21. The molecule has 4 nitrogen and oxygen atoms in total. The molecule has 20 heavy (non-hydrogen) atoms. The Kier molecular flexibility index (Phi) is 3.90. The zero-order valence-corrected chi connectivity index (χ0v) is 12.2. The highest BCUT2D eigenvalue weighted by molar-refractivity contribution is 5.79. The van der Waals surface area contributed by atoms with Crippen LogP contribution in [0.2, 0.25) is 0 Å². The summed E-state index contributed by atoms with van der Waals surface area (Å²) in [6.45, 7) is 1.79. The molecule has 1 heterocycles. The van der Waals surface area contributed by atoms with E-state index in [-0.39, 0.29) is 0 Å². The number of nitrogens with one attached hydrogen (secondary N) is 2. The number of hydrogen-bond donors (Lipinski definition) is 2. The van der Waals surface area contributed by atoms with Crippen molar-refractivity contribution in [2.24, 2.45) is 16.3 Å². The predicted octanol–water partition coefficient (Wildman–Crippen LogP) is 2.33. The molecule has 4 heteroatoms. The van der Waals surface area contributed by atoms with Crippen LogP contribution in [0.25, 0.3) is 0 Å². The molecule has 2 aliphatic carbocycles. The summed E-state index contributed by atoms with van der Waals surface area (Å²) in [6, 6.07) is 5.97. The van der Waals surface area contributed by atoms with E-state index in [1.165, 1.54) is 32.1 Å². The van der Waals surface area contributed by atoms with Crippen LogP contribution in [0.4, 0.5) is 0 Å². The Labute approximate surface area is 121 Å². The van der Waals surface area contributed by atoms with Crippen LogP contribution >= 0.6 is 0 Å². The molecule has 2 N–H and O–H groups in total. The van der Waals surface area contributed by atoms with Crippen molar-refractivity contribution >= 4 is 5.96 Å². The smallest absolute Gasteiger partial charge is 0.191 e. The standard InChI is InChI=1S/C16H24N4/c1-17-15(19-11-14-5-2-3-10-18-14)20-12-16(8-4-9-16)13-6-7-13/h2-3,5,10,13H,4,6-9,11-12H2,1H3,(H2,17,19,20). The van der Waals surface area contributed by atoms with Crippen LogP contribution < -0.4 is 10.6 Å². The molecule has 0 aliphatic heterocycles. The largest absolute Gasteiger partial charge is 0.356 e. The van der Waals surface area contributed by atoms with Gasteiger partial charge < -0.3 is 10.6 Å². The van der Waals surface area contributed by atoms with Gasteiger partial charge in [0, 0.05) is 19.8 Å². The summed E-state index contributed by atoms with van der Waals surface area (Å²) in [5.41, 5.74) is 1.61. The van der Waals surface area contributed by atoms with Gasteiger partial charge in [-0.2, -0.15) is 0 Å². The maximum Gasteiger partial charge on any atom is 0.191 e. The second-order valence-electron chi connectivity index (χ2n) is 6.09. The maximum atomic E-state index is 4.31. The fraction of sp³-hybridized carbons (Fsp3) is 0.625. The molecular formula is C16H24N4. The average Bonchev–Trinajstić information content (AvgIpc) is 3.27. The molecule has 2 saturated carbocycles. The second-order valence-corrected chi connectivity index (χ2v) is 6.09. The Hall–Kier alpha value is -1.58. The Morgan fingerprint density at radius 2 is 2.20 bits per heavy atom. The Bertz CT molecular complexity index is 461. The molecular weight excluding hydrogens is 248 g/mol. The fourth-order valence-electron chi connectivity index (χ4n) is 3.21. The van der Waals surface area contributed by atoms with E-state index >= 15 is 0 Å². The lowest BCUT2D eigenvalue weighted by Crippen LogP contribution is -2.47. The minimum atomic E-state index is 0.572. The van der Waals surface area contributed by atoms with E-state index < -0.39 is 0 Å². The van der Waals surface area contributed by atoms with Gasteiger partial charge in [-0.25, -0.2) is 0 Å². The molecule has 0 spiro atoms. The Morgan fingerprint density at radius 3 is 2.75 bits per heavy atom. The number of nitrogens with zero attached hydrogens (tertiary/aromatic N) is 2. The summed E-state index contributed by atoms with van der Waals surface area (Å²) in [6.07, 6.45) is 8.87. The number of aromatic nitrogens is 1. The van der Waals surface area contributed by atoms with Gasteiger partial charge in [0.2, 0.25) is 0 Å². The summed E-state index contributed by atoms with van der Waals surface area (Å²) in [5.74, 6) is 1.86. The van der Waals surface area contributed by atoms with Gasteiger partial charge in [0.15, 0.2) is 5.96 Å². The van der Waals surface area contributed by atoms with Crippen molar-refractivity contribution in [1.29, 1.82) is 0 Å². The van der Waals surface area contributed by atoms with Crippen molar-refractivity contribution in [3.8, 4) is 0 Å². The van der Waals surface area contributed by atoms with Crippen molar-refractivity contribution in [2.45, 2.75) is 38.6 Å². The normalized spacial score (nSPS) is 21.1. The van der Waals surface area contributed by atoms with Crippen LogP contribution in [0, 0.1) is 11.3 Å². The van der Waals surface area contributed by atoms with E-state index in [0.29, 0.717) is 5.41 Å². The molecule has 0 bridgehead atoms. The van der Waals surface area contributed by atoms with E-state index in [1.54, 1.807) is 0 Å². The molecule has 0 unspecified atom stereocenters. The van der Waals surface area contributed by atoms with Crippen molar-refractivity contribution in [1.82, 2.24) is 15.6 Å². The van der Waals surface area contributed by atoms with Crippen molar-refractivity contribution in [3.63, 3.8) is 0 Å². The zero-order chi connectivity index (χ0) is 13.8. The maximum absolute atomic E-state index is 4.31. The highest BCUT2D eigenvalue weighted by atomic mass is 15.2. The molecule has 0 radical (unpaired) electrons. The summed E-state index contributed by atoms with van der Waals surface area (Å²) in [4.78, 5) is 8.63. The molecule has 2 aliphatic rings. The molecule has 0 aromatic carbocycles. The lowest BCUT2D eigenvalue weighted by Gasteiger charge is -2.43. The van der Waals surface area contributed by atoms with Crippen LogP contribution in [0.3, 0.4) is 0 Å². The first-order valence-electron chi connectivity index (χ1n) is 7.67. The average molecular weight is 272 g/mol. The molecule has 0 saturated heterocycles. The number of guanidine groups is 1. The third-order valence-corrected chi connectivity index (χ3v) is 4.79. The molecule has 0 amide bonds. The molecule has 2 fully saturated rings. The lowest BCUT2D eigenvalue weighted by atomic mass is 9.65. The van der Waals surface area contributed by atoms with Crippen LogP contribution in [0.5, 0.6) is 0 Å². The quantitative estimate of drug-likeness (QED) is 0.639. The first kappa shape index (κ1) is 13.4. The number of hydrogen-bond acceptors (Lipinski definition) is 2. The van der Waals surface area contributed by atoms with Gasteiger partial charge in [-0.05, 0) is 49.1 Å². The van der Waals surface area contributed by atoms with Gasteiger partial charge in [0.25, 0.3) is 0 Å². The van der Waals surface area contributed by atoms with E-state index in [4.69, 9.17) is 0 Å². The van der Waals surface area contributed by atoms with E-state index in [9.17, 15) is 0 Å². The van der Waals surface area contributed by atoms with Crippen LogP contribution in [-0.2, 0) is 6.54 Å². The number of rotatable bonds is 5. The predicted molar refractivity (Wildman–Crippen MR) is 81.4 cm³/mol. The monoisotopic (exact) mass is 272 g/mol. The highest BCUT2D eigenvalue weighted by Gasteiger charge is 2.48. The van der Waals surface area contributed by atoms with Crippen molar-refractivity contribution in [3.05, 3.63) is 30.1 Å². The summed E-state index contributed by atoms with van der Waals surface area (Å²) in [5, 5.41) is 6.86. The van der Waals surface area contributed by atoms with Crippen molar-refractivity contribution in [2.75, 3.05) is 13.6 Å². The molecule has 1 aromatic rings. The van der Waals surface area contributed by atoms with Gasteiger partial charge in [0.05, 0.1) is 12.2 Å². The first-order chi connectivity index (χ1) is 9.82. The van der Waals surface area contributed by atoms with Crippen molar-refractivity contribution < 1.29 is 0 Å². The van der Waals surface area contributed by atoms with E-state index in [0.717, 1.165) is 30.7 Å². The first-order valence-corrected chi connectivity index (χ1v) is 7.67. The van der Waals surface area contributed by atoms with Gasteiger partial charge in [-0.1, -0.05) is 12.5 Å². The summed E-state index contributed by atoms with van der Waals surface area (Å²) >= 11 is 0. The number of pyridine rings is 1. The third kappa shape index (κ3) is 2.94. The van der Waals surface area contributed by atoms with Crippen LogP contribution in [0.1, 0.15) is 37.8 Å². The third-order valence-electron chi connectivity index (χ3n) is 4.79. The van der Waals surface area contributed by atoms with Crippen LogP contribution in [-0.4, -0.2) is 24.5 Å². The zero-order valence-electron chi connectivity index (χ0n) is 12.2. The topological polar surface area (TPSA) is 49.3 Å². The minimum Gasteiger partial charge on any atom is -0.356 e. The molecule has 3 rings (SSSR count). The van der Waals surface area contributed by atoms with Gasteiger partial charge in [-0.3, -0.25) is 9.98 Å². The number of aliphatic imine (C=N–C) groups is 1. The minimum absolute atomic E-state index is 0.572. The molecule has 0 atom stereocenters. The summed E-state index contributed by atoms with van der Waals surface area (Å²) in [7, 11) is 1.83. The van der Waals surface area contributed by atoms with E-state index in [1.807, 2.05) is 31.4 Å². The van der Waals surface area contributed by atoms with E-state index in [2.05, 4.69) is 20.6 Å². The lowest BCUT2D eigenvalue weighted by molar-refractivity contribution is 0.106. The van der Waals surface area contributed by atoms with Gasteiger partial charge in [0.1, 0.15) is 0 Å². The Balaban J connectivity index is 1.48. The highest BCUT2D eigenvalue weighted by Crippen LogP contribution is 2.56. The second kappa shape index (κ2) is 5.81. The van der Waals surface area contributed by atoms with Crippen LogP contribution in [0.15, 0.2) is 29.4 Å². The summed E-state index contributed by atoms with van der Waals surface area (Å²) < 4.78 is 0. The molecule has 108 valence electrons.